The molecule has 0 unspecified atom stereocenters. The summed E-state index contributed by atoms with van der Waals surface area (Å²) in [5, 5.41) is 0. The summed E-state index contributed by atoms with van der Waals surface area (Å²) in [7, 11) is 0. The first kappa shape index (κ1) is 16.0. The third kappa shape index (κ3) is 10.5. The average molecular weight is 228 g/mol. The maximum absolute atomic E-state index is 5.67. The predicted molar refractivity (Wildman–Crippen MR) is 72.9 cm³/mol. The summed E-state index contributed by atoms with van der Waals surface area (Å²) >= 11 is 0. The first-order valence-electron chi connectivity index (χ1n) is 7.42. The smallest absolute Gasteiger partial charge is 0.0468 e. The standard InChI is InChI=1S/C15H32O/c1-4-7-8-9-10-11-13-16-14-12-15(5-2)6-3/h15H,4-14H2,1-3H3. The molecule has 98 valence electrons. The van der Waals surface area contributed by atoms with Gasteiger partial charge in [-0.25, -0.2) is 0 Å². The van der Waals surface area contributed by atoms with E-state index in [1.807, 2.05) is 0 Å². The Bertz CT molecular complexity index is 119. The molecule has 0 bridgehead atoms. The minimum atomic E-state index is 0.879. The summed E-state index contributed by atoms with van der Waals surface area (Å²) in [6.07, 6.45) is 12.0. The van der Waals surface area contributed by atoms with Gasteiger partial charge in [-0.05, 0) is 18.8 Å². The van der Waals surface area contributed by atoms with Crippen LogP contribution in [0.1, 0.15) is 78.6 Å². The number of unbranched alkanes of at least 4 members (excludes halogenated alkanes) is 5. The monoisotopic (exact) mass is 228 g/mol. The van der Waals surface area contributed by atoms with Crippen molar-refractivity contribution in [2.45, 2.75) is 78.6 Å². The summed E-state index contributed by atoms with van der Waals surface area (Å²) < 4.78 is 5.67. The molecule has 0 heterocycles. The average Bonchev–Trinajstić information content (AvgIpc) is 2.32. The van der Waals surface area contributed by atoms with Crippen molar-refractivity contribution in [3.05, 3.63) is 0 Å². The topological polar surface area (TPSA) is 9.23 Å². The van der Waals surface area contributed by atoms with Crippen molar-refractivity contribution in [1.82, 2.24) is 0 Å². The summed E-state index contributed by atoms with van der Waals surface area (Å²) in [5.41, 5.74) is 0. The van der Waals surface area contributed by atoms with Gasteiger partial charge in [0.15, 0.2) is 0 Å². The molecule has 0 aliphatic heterocycles. The van der Waals surface area contributed by atoms with E-state index in [2.05, 4.69) is 20.8 Å². The number of ether oxygens (including phenoxy) is 1. The molecule has 0 N–H and O–H groups in total. The molecular formula is C15H32O. The van der Waals surface area contributed by atoms with Gasteiger partial charge in [0.2, 0.25) is 0 Å². The van der Waals surface area contributed by atoms with E-state index in [1.54, 1.807) is 0 Å². The van der Waals surface area contributed by atoms with Gasteiger partial charge in [-0.3, -0.25) is 0 Å². The fourth-order valence-corrected chi connectivity index (χ4v) is 2.03. The van der Waals surface area contributed by atoms with E-state index in [0.717, 1.165) is 19.1 Å². The van der Waals surface area contributed by atoms with Crippen LogP contribution in [0.4, 0.5) is 0 Å². The molecule has 0 radical (unpaired) electrons. The van der Waals surface area contributed by atoms with Crippen LogP contribution in [0.3, 0.4) is 0 Å². The van der Waals surface area contributed by atoms with Crippen LogP contribution in [0.25, 0.3) is 0 Å². The Morgan fingerprint density at radius 2 is 1.38 bits per heavy atom. The highest BCUT2D eigenvalue weighted by molar-refractivity contribution is 4.53. The van der Waals surface area contributed by atoms with Gasteiger partial charge in [-0.1, -0.05) is 65.7 Å². The van der Waals surface area contributed by atoms with Crippen molar-refractivity contribution < 1.29 is 4.74 Å². The van der Waals surface area contributed by atoms with Gasteiger partial charge in [0.25, 0.3) is 0 Å². The van der Waals surface area contributed by atoms with E-state index in [-0.39, 0.29) is 0 Å². The van der Waals surface area contributed by atoms with Crippen molar-refractivity contribution in [3.63, 3.8) is 0 Å². The maximum Gasteiger partial charge on any atom is 0.0468 e. The highest BCUT2D eigenvalue weighted by Gasteiger charge is 2.02. The molecule has 0 aromatic heterocycles. The maximum atomic E-state index is 5.67. The Kier molecular flexibility index (Phi) is 13.0. The molecule has 0 aliphatic carbocycles. The van der Waals surface area contributed by atoms with Crippen LogP contribution in [-0.4, -0.2) is 13.2 Å². The van der Waals surface area contributed by atoms with Crippen LogP contribution >= 0.6 is 0 Å². The van der Waals surface area contributed by atoms with Crippen molar-refractivity contribution in [3.8, 4) is 0 Å². The van der Waals surface area contributed by atoms with E-state index in [0.29, 0.717) is 0 Å². The zero-order valence-corrected chi connectivity index (χ0v) is 11.8. The molecule has 0 spiro atoms. The lowest BCUT2D eigenvalue weighted by atomic mass is 10.0. The first-order chi connectivity index (χ1) is 7.85. The van der Waals surface area contributed by atoms with E-state index >= 15 is 0 Å². The van der Waals surface area contributed by atoms with Gasteiger partial charge in [0, 0.05) is 13.2 Å². The van der Waals surface area contributed by atoms with Crippen LogP contribution in [0, 0.1) is 5.92 Å². The molecule has 0 fully saturated rings. The summed E-state index contributed by atoms with van der Waals surface area (Å²) in [4.78, 5) is 0. The third-order valence-electron chi connectivity index (χ3n) is 3.47. The lowest BCUT2D eigenvalue weighted by Crippen LogP contribution is -2.04. The molecule has 0 aromatic rings. The van der Waals surface area contributed by atoms with Gasteiger partial charge in [0.05, 0.1) is 0 Å². The molecule has 0 saturated heterocycles. The number of hydrogen-bond donors (Lipinski definition) is 0. The second-order valence-corrected chi connectivity index (χ2v) is 4.85. The summed E-state index contributed by atoms with van der Waals surface area (Å²) in [5.74, 6) is 0.879. The second-order valence-electron chi connectivity index (χ2n) is 4.85. The SMILES string of the molecule is CCCCCCCCOCCC(CC)CC. The minimum absolute atomic E-state index is 0.879. The largest absolute Gasteiger partial charge is 0.381 e. The fraction of sp³-hybridized carbons (Fsp3) is 1.00. The van der Waals surface area contributed by atoms with Gasteiger partial charge >= 0.3 is 0 Å². The van der Waals surface area contributed by atoms with Crippen molar-refractivity contribution >= 4 is 0 Å². The van der Waals surface area contributed by atoms with Crippen LogP contribution in [0.2, 0.25) is 0 Å². The molecule has 16 heavy (non-hydrogen) atoms. The third-order valence-corrected chi connectivity index (χ3v) is 3.47. The molecule has 1 nitrogen and oxygen atoms in total. The predicted octanol–water partition coefficient (Wildman–Crippen LogP) is 5.19. The van der Waals surface area contributed by atoms with Crippen LogP contribution in [0.15, 0.2) is 0 Å². The Balaban J connectivity index is 3.03. The Hall–Kier alpha value is -0.0400. The molecule has 0 atom stereocenters. The zero-order valence-electron chi connectivity index (χ0n) is 11.8. The highest BCUT2D eigenvalue weighted by atomic mass is 16.5. The van der Waals surface area contributed by atoms with Crippen molar-refractivity contribution in [2.24, 2.45) is 5.92 Å². The summed E-state index contributed by atoms with van der Waals surface area (Å²) in [6.45, 7) is 8.78. The van der Waals surface area contributed by atoms with E-state index in [1.165, 1.54) is 57.8 Å². The summed E-state index contributed by atoms with van der Waals surface area (Å²) in [6, 6.07) is 0. The molecule has 0 saturated carbocycles. The first-order valence-corrected chi connectivity index (χ1v) is 7.42. The quantitative estimate of drug-likeness (QED) is 0.418. The minimum Gasteiger partial charge on any atom is -0.381 e. The van der Waals surface area contributed by atoms with Crippen LogP contribution < -0.4 is 0 Å². The van der Waals surface area contributed by atoms with Gasteiger partial charge in [0.1, 0.15) is 0 Å². The lowest BCUT2D eigenvalue weighted by Gasteiger charge is -2.11. The molecule has 0 amide bonds. The number of hydrogen-bond acceptors (Lipinski definition) is 1. The molecular weight excluding hydrogens is 196 g/mol. The van der Waals surface area contributed by atoms with Gasteiger partial charge < -0.3 is 4.74 Å². The normalized spacial score (nSPS) is 11.2. The zero-order chi connectivity index (χ0) is 12.1. The highest BCUT2D eigenvalue weighted by Crippen LogP contribution is 2.12. The number of rotatable bonds is 12. The van der Waals surface area contributed by atoms with Crippen molar-refractivity contribution in [1.29, 1.82) is 0 Å². The van der Waals surface area contributed by atoms with Gasteiger partial charge in [-0.2, -0.15) is 0 Å². The second kappa shape index (κ2) is 13.0. The molecule has 0 aromatic carbocycles. The Labute approximate surface area is 103 Å². The van der Waals surface area contributed by atoms with Gasteiger partial charge in [-0.15, -0.1) is 0 Å². The Morgan fingerprint density at radius 1 is 0.750 bits per heavy atom. The molecule has 0 aliphatic rings. The van der Waals surface area contributed by atoms with E-state index in [4.69, 9.17) is 4.74 Å². The molecule has 0 rings (SSSR count). The van der Waals surface area contributed by atoms with Crippen LogP contribution in [0.5, 0.6) is 0 Å². The van der Waals surface area contributed by atoms with Crippen LogP contribution in [-0.2, 0) is 4.74 Å². The fourth-order valence-electron chi connectivity index (χ4n) is 2.03. The van der Waals surface area contributed by atoms with Crippen molar-refractivity contribution in [2.75, 3.05) is 13.2 Å². The Morgan fingerprint density at radius 3 is 2.00 bits per heavy atom. The lowest BCUT2D eigenvalue weighted by molar-refractivity contribution is 0.115. The molecule has 1 heteroatoms. The van der Waals surface area contributed by atoms with E-state index < -0.39 is 0 Å². The van der Waals surface area contributed by atoms with E-state index in [9.17, 15) is 0 Å².